The van der Waals surface area contributed by atoms with Gasteiger partial charge in [0.15, 0.2) is 0 Å². The first-order chi connectivity index (χ1) is 22.6. The normalized spacial score (nSPS) is 13.0. The number of anilines is 1. The number of methoxy groups -OCH3 is 1. The van der Waals surface area contributed by atoms with Gasteiger partial charge in [-0.3, -0.25) is 0 Å². The average Bonchev–Trinajstić information content (AvgIpc) is 3.46. The van der Waals surface area contributed by atoms with Crippen molar-refractivity contribution in [2.75, 3.05) is 18.6 Å². The van der Waals surface area contributed by atoms with Gasteiger partial charge in [0.05, 0.1) is 7.11 Å². The van der Waals surface area contributed by atoms with E-state index in [1.807, 2.05) is 120 Å². The number of nitrogens with zero attached hydrogens (tertiary/aromatic N) is 2. The molecule has 246 valence electrons. The number of rotatable bonds is 5. The Bertz CT molecular complexity index is 1510. The fraction of sp³-hybridized carbons (Fsp3) is 0.209. The largest absolute Gasteiger partial charge is 4.00 e. The third-order valence-corrected chi connectivity index (χ3v) is 7.62. The molecule has 0 aliphatic carbocycles. The molecule has 0 radical (unpaired) electrons. The van der Waals surface area contributed by atoms with Gasteiger partial charge in [-0.2, -0.15) is 73.9 Å². The Labute approximate surface area is 309 Å². The minimum atomic E-state index is 0. The Kier molecular flexibility index (Phi) is 17.3. The van der Waals surface area contributed by atoms with Crippen molar-refractivity contribution in [3.05, 3.63) is 193 Å². The van der Waals surface area contributed by atoms with Crippen LogP contribution in [0, 0.1) is 20.8 Å². The SMILES string of the molecule is COc1ccccc1N1C(=[N-])NCC1c1c(C(C)C)cccc1C(C)C.[CH2-]c1ccccc1.[CH2-]c1ccccc1.[CH2-]c1ccccc1.[Zr+4]. The fourth-order valence-corrected chi connectivity index (χ4v) is 5.28. The van der Waals surface area contributed by atoms with Gasteiger partial charge in [-0.25, -0.2) is 0 Å². The van der Waals surface area contributed by atoms with E-state index in [0.717, 1.165) is 28.1 Å². The van der Waals surface area contributed by atoms with Crippen LogP contribution in [0.4, 0.5) is 5.69 Å². The van der Waals surface area contributed by atoms with Gasteiger partial charge in [0.2, 0.25) is 0 Å². The molecule has 0 bridgehead atoms. The number of guanidine groups is 1. The number of nitrogens with one attached hydrogen (secondary N) is 1. The Morgan fingerprint density at radius 3 is 1.38 bits per heavy atom. The summed E-state index contributed by atoms with van der Waals surface area (Å²) in [7, 11) is 1.66. The zero-order chi connectivity index (χ0) is 34.2. The third-order valence-electron chi connectivity index (χ3n) is 7.62. The van der Waals surface area contributed by atoms with Crippen LogP contribution in [0.5, 0.6) is 5.75 Å². The summed E-state index contributed by atoms with van der Waals surface area (Å²) in [5.41, 5.74) is 8.05. The minimum Gasteiger partial charge on any atom is -0.496 e. The molecule has 0 spiro atoms. The summed E-state index contributed by atoms with van der Waals surface area (Å²) in [6, 6.07) is 44.0. The van der Waals surface area contributed by atoms with E-state index in [1.165, 1.54) is 16.7 Å². The van der Waals surface area contributed by atoms with Crippen molar-refractivity contribution in [2.45, 2.75) is 45.6 Å². The third kappa shape index (κ3) is 12.0. The maximum Gasteiger partial charge on any atom is 4.00 e. The number of ether oxygens (including phenoxy) is 1. The molecule has 0 saturated carbocycles. The predicted octanol–water partition coefficient (Wildman–Crippen LogP) is 10.6. The minimum absolute atomic E-state index is 0. The molecule has 1 aliphatic heterocycles. The molecule has 0 aromatic heterocycles. The van der Waals surface area contributed by atoms with Gasteiger partial charge in [0.1, 0.15) is 5.75 Å². The molecule has 0 amide bonds. The number of benzene rings is 5. The Morgan fingerprint density at radius 2 is 1.02 bits per heavy atom. The summed E-state index contributed by atoms with van der Waals surface area (Å²) in [6.45, 7) is 20.7. The van der Waals surface area contributed by atoms with Gasteiger partial charge in [-0.05, 0) is 47.2 Å². The van der Waals surface area contributed by atoms with Crippen LogP contribution in [0.1, 0.15) is 79.0 Å². The molecule has 5 aromatic rings. The molecular formula is C43H49N3OZr. The molecule has 1 saturated heterocycles. The van der Waals surface area contributed by atoms with Crippen molar-refractivity contribution in [1.82, 2.24) is 5.32 Å². The second-order valence-electron chi connectivity index (χ2n) is 11.9. The van der Waals surface area contributed by atoms with Crippen LogP contribution in [0.2, 0.25) is 0 Å². The topological polar surface area (TPSA) is 46.8 Å². The molecule has 1 unspecified atom stereocenters. The first-order valence-electron chi connectivity index (χ1n) is 16.1. The molecule has 48 heavy (non-hydrogen) atoms. The zero-order valence-corrected chi connectivity index (χ0v) is 31.5. The van der Waals surface area contributed by atoms with E-state index in [4.69, 9.17) is 4.74 Å². The molecule has 6 rings (SSSR count). The molecule has 4 nitrogen and oxygen atoms in total. The maximum atomic E-state index is 10.6. The van der Waals surface area contributed by atoms with Gasteiger partial charge in [-0.15, -0.1) is 36.4 Å². The zero-order valence-electron chi connectivity index (χ0n) is 29.1. The fourth-order valence-electron chi connectivity index (χ4n) is 5.28. The van der Waals surface area contributed by atoms with E-state index < -0.39 is 0 Å². The van der Waals surface area contributed by atoms with E-state index in [2.05, 4.69) is 72.0 Å². The van der Waals surface area contributed by atoms with Gasteiger partial charge < -0.3 is 20.4 Å². The van der Waals surface area contributed by atoms with E-state index in [9.17, 15) is 5.41 Å². The Balaban J connectivity index is 0.000000292. The van der Waals surface area contributed by atoms with E-state index in [0.29, 0.717) is 18.4 Å². The molecule has 1 heterocycles. The van der Waals surface area contributed by atoms with Gasteiger partial charge in [0, 0.05) is 17.7 Å². The van der Waals surface area contributed by atoms with Gasteiger partial charge in [-0.1, -0.05) is 76.2 Å². The van der Waals surface area contributed by atoms with E-state index >= 15 is 0 Å². The van der Waals surface area contributed by atoms with Crippen molar-refractivity contribution in [2.24, 2.45) is 0 Å². The maximum absolute atomic E-state index is 10.6. The second kappa shape index (κ2) is 20.8. The van der Waals surface area contributed by atoms with Crippen molar-refractivity contribution in [3.63, 3.8) is 0 Å². The monoisotopic (exact) mass is 713 g/mol. The number of hydrogen-bond donors (Lipinski definition) is 1. The van der Waals surface area contributed by atoms with Crippen LogP contribution in [-0.4, -0.2) is 19.6 Å². The van der Waals surface area contributed by atoms with Crippen LogP contribution in [-0.2, 0) is 26.2 Å². The summed E-state index contributed by atoms with van der Waals surface area (Å²) in [5.74, 6) is 1.74. The first kappa shape index (κ1) is 39.8. The summed E-state index contributed by atoms with van der Waals surface area (Å²) >= 11 is 0. The van der Waals surface area contributed by atoms with Crippen molar-refractivity contribution >= 4 is 11.6 Å². The summed E-state index contributed by atoms with van der Waals surface area (Å²) < 4.78 is 5.55. The second-order valence-corrected chi connectivity index (χ2v) is 11.9. The van der Waals surface area contributed by atoms with Crippen LogP contribution >= 0.6 is 0 Å². The molecule has 5 aromatic carbocycles. The molecule has 1 fully saturated rings. The van der Waals surface area contributed by atoms with E-state index in [1.54, 1.807) is 7.11 Å². The molecule has 5 heteroatoms. The van der Waals surface area contributed by atoms with Crippen LogP contribution in [0.3, 0.4) is 0 Å². The van der Waals surface area contributed by atoms with E-state index in [-0.39, 0.29) is 38.2 Å². The Hall–Kier alpha value is -4.34. The molecular weight excluding hydrogens is 666 g/mol. The van der Waals surface area contributed by atoms with Gasteiger partial charge in [0.25, 0.3) is 0 Å². The molecule has 1 N–H and O–H groups in total. The standard InChI is InChI=1S/C22H28N3O.3C7H7.Zr/c1-14(2)16-9-8-10-17(15(3)4)21(16)19-13-24-22(23)25(19)18-11-6-7-12-20(18)26-5;3*1-7-5-3-2-4-6-7;/h6-12,14-15,19H,13H2,1-5H3,(H-,23,24);3*2-6H,1H2;/q4*-1;+4. The van der Waals surface area contributed by atoms with Crippen molar-refractivity contribution in [3.8, 4) is 5.75 Å². The number of hydrogen-bond acceptors (Lipinski definition) is 1. The van der Waals surface area contributed by atoms with Crippen LogP contribution in [0.15, 0.2) is 133 Å². The van der Waals surface area contributed by atoms with Gasteiger partial charge >= 0.3 is 26.2 Å². The first-order valence-corrected chi connectivity index (χ1v) is 16.1. The Morgan fingerprint density at radius 1 is 0.625 bits per heavy atom. The summed E-state index contributed by atoms with van der Waals surface area (Å²) in [4.78, 5) is 1.96. The van der Waals surface area contributed by atoms with Crippen molar-refractivity contribution < 1.29 is 30.9 Å². The molecule has 1 aliphatic rings. The predicted molar refractivity (Wildman–Crippen MR) is 202 cm³/mol. The van der Waals surface area contributed by atoms with Crippen LogP contribution < -0.4 is 15.0 Å². The smallest absolute Gasteiger partial charge is 0.496 e. The van der Waals surface area contributed by atoms with Crippen LogP contribution in [0.25, 0.3) is 5.41 Å². The quantitative estimate of drug-likeness (QED) is 0.184. The average molecular weight is 715 g/mol. The summed E-state index contributed by atoms with van der Waals surface area (Å²) in [5, 5.41) is 13.8. The summed E-state index contributed by atoms with van der Waals surface area (Å²) in [6.07, 6.45) is 0. The van der Waals surface area contributed by atoms with Crippen molar-refractivity contribution in [1.29, 1.82) is 0 Å². The molecule has 1 atom stereocenters. The number of para-hydroxylation sites is 2.